The third-order valence-electron chi connectivity index (χ3n) is 4.58. The van der Waals surface area contributed by atoms with Crippen LogP contribution in [0.3, 0.4) is 0 Å². The topological polar surface area (TPSA) is 61.8 Å². The van der Waals surface area contributed by atoms with Gasteiger partial charge in [0.05, 0.1) is 18.2 Å². The summed E-state index contributed by atoms with van der Waals surface area (Å²) in [5.41, 5.74) is 2.66. The number of Topliss-reactive ketones (excluding diaryl/α,β-unsaturated/α-hetero) is 1. The van der Waals surface area contributed by atoms with Gasteiger partial charge in [-0.2, -0.15) is 0 Å². The van der Waals surface area contributed by atoms with Crippen LogP contribution in [-0.4, -0.2) is 18.9 Å². The molecule has 0 radical (unpaired) electrons. The molecule has 0 saturated carbocycles. The van der Waals surface area contributed by atoms with Crippen molar-refractivity contribution in [1.29, 1.82) is 0 Å². The van der Waals surface area contributed by atoms with Gasteiger partial charge >= 0.3 is 5.97 Å². The van der Waals surface area contributed by atoms with E-state index in [0.717, 1.165) is 16.9 Å². The zero-order valence-corrected chi connectivity index (χ0v) is 16.0. The van der Waals surface area contributed by atoms with Crippen molar-refractivity contribution in [2.24, 2.45) is 0 Å². The number of ketones is 1. The molecule has 1 heterocycles. The second-order valence-corrected chi connectivity index (χ2v) is 6.58. The van der Waals surface area contributed by atoms with Gasteiger partial charge in [-0.15, -0.1) is 0 Å². The fourth-order valence-corrected chi connectivity index (χ4v) is 3.11. The second-order valence-electron chi connectivity index (χ2n) is 6.58. The summed E-state index contributed by atoms with van der Waals surface area (Å²) in [5, 5.41) is 0. The zero-order chi connectivity index (χ0) is 20.4. The van der Waals surface area contributed by atoms with E-state index in [4.69, 9.17) is 14.2 Å². The molecule has 5 nitrogen and oxygen atoms in total. The molecule has 0 spiro atoms. The molecule has 5 heteroatoms. The predicted molar refractivity (Wildman–Crippen MR) is 109 cm³/mol. The van der Waals surface area contributed by atoms with Gasteiger partial charge < -0.3 is 14.2 Å². The van der Waals surface area contributed by atoms with Crippen molar-refractivity contribution in [2.75, 3.05) is 7.11 Å². The van der Waals surface area contributed by atoms with E-state index >= 15 is 0 Å². The monoisotopic (exact) mass is 386 g/mol. The number of ether oxygens (including phenoxy) is 3. The molecule has 0 unspecified atom stereocenters. The molecule has 4 rings (SSSR count). The van der Waals surface area contributed by atoms with Gasteiger partial charge in [-0.3, -0.25) is 4.79 Å². The van der Waals surface area contributed by atoms with Crippen LogP contribution in [0, 0.1) is 6.92 Å². The standard InChI is InChI=1S/C24H18O5/c1-15-12-16(8-11-20(15)27-2)13-22-23(25)19-10-9-18(14-21(19)29-22)28-24(26)17-6-4-3-5-7-17/h3-14H,1-2H3/b22-13-. The molecule has 0 aromatic heterocycles. The van der Waals surface area contributed by atoms with Gasteiger partial charge in [-0.1, -0.05) is 24.3 Å². The van der Waals surface area contributed by atoms with Crippen LogP contribution in [0.15, 0.2) is 72.5 Å². The number of methoxy groups -OCH3 is 1. The lowest BCUT2D eigenvalue weighted by molar-refractivity contribution is 0.0734. The van der Waals surface area contributed by atoms with Crippen LogP contribution in [0.5, 0.6) is 17.2 Å². The quantitative estimate of drug-likeness (QED) is 0.365. The number of aryl methyl sites for hydroxylation is 1. The maximum Gasteiger partial charge on any atom is 0.343 e. The van der Waals surface area contributed by atoms with E-state index in [2.05, 4.69) is 0 Å². The van der Waals surface area contributed by atoms with E-state index in [9.17, 15) is 9.59 Å². The Bertz CT molecular complexity index is 1130. The van der Waals surface area contributed by atoms with Gasteiger partial charge in [0.25, 0.3) is 0 Å². The first-order valence-corrected chi connectivity index (χ1v) is 9.05. The summed E-state index contributed by atoms with van der Waals surface area (Å²) >= 11 is 0. The molecular formula is C24H18O5. The smallest absolute Gasteiger partial charge is 0.343 e. The molecule has 0 fully saturated rings. The number of fused-ring (bicyclic) bond motifs is 1. The first kappa shape index (κ1) is 18.5. The molecule has 144 valence electrons. The minimum atomic E-state index is -0.473. The van der Waals surface area contributed by atoms with E-state index in [1.54, 1.807) is 55.7 Å². The van der Waals surface area contributed by atoms with Gasteiger partial charge in [0.2, 0.25) is 5.78 Å². The summed E-state index contributed by atoms with van der Waals surface area (Å²) in [5.74, 6) is 0.987. The van der Waals surface area contributed by atoms with Crippen LogP contribution in [0.4, 0.5) is 0 Å². The minimum Gasteiger partial charge on any atom is -0.496 e. The number of carbonyl (C=O) groups is 2. The van der Waals surface area contributed by atoms with Crippen molar-refractivity contribution in [2.45, 2.75) is 6.92 Å². The number of rotatable bonds is 4. The Morgan fingerprint density at radius 2 is 1.79 bits per heavy atom. The largest absolute Gasteiger partial charge is 0.496 e. The first-order valence-electron chi connectivity index (χ1n) is 9.05. The van der Waals surface area contributed by atoms with Crippen molar-refractivity contribution < 1.29 is 23.8 Å². The van der Waals surface area contributed by atoms with Crippen molar-refractivity contribution in [3.63, 3.8) is 0 Å². The molecular weight excluding hydrogens is 368 g/mol. The molecule has 0 saturated heterocycles. The number of carbonyl (C=O) groups excluding carboxylic acids is 2. The number of allylic oxidation sites excluding steroid dienone is 1. The van der Waals surface area contributed by atoms with E-state index < -0.39 is 5.97 Å². The molecule has 3 aromatic rings. The third-order valence-corrected chi connectivity index (χ3v) is 4.58. The van der Waals surface area contributed by atoms with E-state index in [1.807, 2.05) is 31.2 Å². The van der Waals surface area contributed by atoms with Crippen LogP contribution in [0.25, 0.3) is 6.08 Å². The third kappa shape index (κ3) is 3.75. The summed E-state index contributed by atoms with van der Waals surface area (Å²) in [4.78, 5) is 24.9. The van der Waals surface area contributed by atoms with Crippen molar-refractivity contribution in [1.82, 2.24) is 0 Å². The molecule has 0 amide bonds. The lowest BCUT2D eigenvalue weighted by atomic mass is 10.1. The number of hydrogen-bond acceptors (Lipinski definition) is 5. The molecule has 0 N–H and O–H groups in total. The number of esters is 1. The van der Waals surface area contributed by atoms with Gasteiger partial charge in [0, 0.05) is 6.07 Å². The molecule has 1 aliphatic heterocycles. The lowest BCUT2D eigenvalue weighted by Crippen LogP contribution is -2.08. The SMILES string of the molecule is COc1ccc(/C=C2\Oc3cc(OC(=O)c4ccccc4)ccc3C2=O)cc1C. The van der Waals surface area contributed by atoms with Crippen molar-refractivity contribution >= 4 is 17.8 Å². The summed E-state index contributed by atoms with van der Waals surface area (Å²) in [6.45, 7) is 1.93. The maximum absolute atomic E-state index is 12.6. The van der Waals surface area contributed by atoms with Crippen LogP contribution >= 0.6 is 0 Å². The molecule has 1 aliphatic rings. The highest BCUT2D eigenvalue weighted by molar-refractivity contribution is 6.14. The highest BCUT2D eigenvalue weighted by Gasteiger charge is 2.28. The molecule has 0 bridgehead atoms. The van der Waals surface area contributed by atoms with Crippen LogP contribution < -0.4 is 14.2 Å². The highest BCUT2D eigenvalue weighted by Crippen LogP contribution is 2.35. The Morgan fingerprint density at radius 1 is 1.00 bits per heavy atom. The molecule has 3 aromatic carbocycles. The lowest BCUT2D eigenvalue weighted by Gasteiger charge is -2.06. The normalized spacial score (nSPS) is 13.7. The van der Waals surface area contributed by atoms with Crippen LogP contribution in [-0.2, 0) is 0 Å². The van der Waals surface area contributed by atoms with Gasteiger partial charge in [0.15, 0.2) is 5.76 Å². The Kier molecular flexibility index (Phi) is 4.87. The predicted octanol–water partition coefficient (Wildman–Crippen LogP) is 4.84. The van der Waals surface area contributed by atoms with Gasteiger partial charge in [0.1, 0.15) is 17.2 Å². The van der Waals surface area contributed by atoms with E-state index in [0.29, 0.717) is 22.6 Å². The Labute approximate surface area is 168 Å². The first-order chi connectivity index (χ1) is 14.0. The van der Waals surface area contributed by atoms with Crippen molar-refractivity contribution in [3.05, 3.63) is 94.7 Å². The van der Waals surface area contributed by atoms with Crippen molar-refractivity contribution in [3.8, 4) is 17.2 Å². The summed E-state index contributed by atoms with van der Waals surface area (Å²) in [7, 11) is 1.61. The van der Waals surface area contributed by atoms with Gasteiger partial charge in [-0.25, -0.2) is 4.79 Å². The Morgan fingerprint density at radius 3 is 2.52 bits per heavy atom. The molecule has 0 atom stereocenters. The highest BCUT2D eigenvalue weighted by atomic mass is 16.5. The van der Waals surface area contributed by atoms with E-state index in [1.165, 1.54) is 0 Å². The summed E-state index contributed by atoms with van der Waals surface area (Å²) < 4.78 is 16.4. The number of benzene rings is 3. The van der Waals surface area contributed by atoms with Crippen LogP contribution in [0.2, 0.25) is 0 Å². The second kappa shape index (κ2) is 7.64. The van der Waals surface area contributed by atoms with E-state index in [-0.39, 0.29) is 11.5 Å². The minimum absolute atomic E-state index is 0.214. The molecule has 29 heavy (non-hydrogen) atoms. The fraction of sp³-hybridized carbons (Fsp3) is 0.0833. The average Bonchev–Trinajstić information content (AvgIpc) is 3.03. The summed E-state index contributed by atoms with van der Waals surface area (Å²) in [6, 6.07) is 19.0. The fourth-order valence-electron chi connectivity index (χ4n) is 3.11. The van der Waals surface area contributed by atoms with Crippen LogP contribution in [0.1, 0.15) is 31.8 Å². The van der Waals surface area contributed by atoms with Gasteiger partial charge in [-0.05, 0) is 60.5 Å². The zero-order valence-electron chi connectivity index (χ0n) is 16.0. The maximum atomic E-state index is 12.6. The molecule has 0 aliphatic carbocycles. The average molecular weight is 386 g/mol. The Balaban J connectivity index is 1.55. The number of hydrogen-bond donors (Lipinski definition) is 0. The summed E-state index contributed by atoms with van der Waals surface area (Å²) in [6.07, 6.45) is 1.68. The Hall–Kier alpha value is -3.86.